The SMILES string of the molecule is CCC(=Cc1ccc(C(=C2CC(C)(C)CC(C)(C)C2)c2ccc(O)cc2)cc1)C(=O)O. The van der Waals surface area contributed by atoms with Crippen LogP contribution >= 0.6 is 0 Å². The van der Waals surface area contributed by atoms with Gasteiger partial charge in [-0.3, -0.25) is 0 Å². The fourth-order valence-electron chi connectivity index (χ4n) is 5.28. The van der Waals surface area contributed by atoms with Crippen molar-refractivity contribution in [2.45, 2.75) is 60.3 Å². The molecule has 31 heavy (non-hydrogen) atoms. The van der Waals surface area contributed by atoms with E-state index in [2.05, 4.69) is 39.8 Å². The van der Waals surface area contributed by atoms with Crippen molar-refractivity contribution in [2.24, 2.45) is 10.8 Å². The van der Waals surface area contributed by atoms with Gasteiger partial charge in [0, 0.05) is 5.57 Å². The first kappa shape index (κ1) is 22.9. The third-order valence-corrected chi connectivity index (χ3v) is 6.05. The summed E-state index contributed by atoms with van der Waals surface area (Å²) >= 11 is 0. The van der Waals surface area contributed by atoms with Crippen molar-refractivity contribution < 1.29 is 15.0 Å². The second-order valence-corrected chi connectivity index (χ2v) is 10.3. The highest BCUT2D eigenvalue weighted by atomic mass is 16.4. The second kappa shape index (κ2) is 8.74. The van der Waals surface area contributed by atoms with Crippen molar-refractivity contribution in [3.05, 3.63) is 76.4 Å². The lowest BCUT2D eigenvalue weighted by molar-refractivity contribution is -0.132. The zero-order valence-electron chi connectivity index (χ0n) is 19.3. The van der Waals surface area contributed by atoms with Crippen LogP contribution in [0.4, 0.5) is 0 Å². The average Bonchev–Trinajstić information content (AvgIpc) is 2.66. The van der Waals surface area contributed by atoms with Gasteiger partial charge >= 0.3 is 5.97 Å². The first-order valence-electron chi connectivity index (χ1n) is 11.1. The van der Waals surface area contributed by atoms with Crippen LogP contribution in [0.15, 0.2) is 59.7 Å². The number of hydrogen-bond donors (Lipinski definition) is 2. The highest BCUT2D eigenvalue weighted by Crippen LogP contribution is 2.50. The summed E-state index contributed by atoms with van der Waals surface area (Å²) in [4.78, 5) is 11.4. The number of rotatable bonds is 5. The molecule has 0 atom stereocenters. The Hall–Kier alpha value is -2.81. The van der Waals surface area contributed by atoms with E-state index in [-0.39, 0.29) is 16.6 Å². The summed E-state index contributed by atoms with van der Waals surface area (Å²) in [5, 5.41) is 19.1. The Morgan fingerprint density at radius 1 is 0.903 bits per heavy atom. The summed E-state index contributed by atoms with van der Waals surface area (Å²) in [6.07, 6.45) is 5.49. The van der Waals surface area contributed by atoms with E-state index in [0.29, 0.717) is 12.0 Å². The molecule has 164 valence electrons. The largest absolute Gasteiger partial charge is 0.508 e. The van der Waals surface area contributed by atoms with Crippen LogP contribution in [0.1, 0.15) is 77.0 Å². The summed E-state index contributed by atoms with van der Waals surface area (Å²) in [5.74, 6) is -0.608. The Balaban J connectivity index is 2.12. The van der Waals surface area contributed by atoms with Crippen LogP contribution < -0.4 is 0 Å². The highest BCUT2D eigenvalue weighted by molar-refractivity contribution is 5.92. The van der Waals surface area contributed by atoms with E-state index in [0.717, 1.165) is 29.5 Å². The van der Waals surface area contributed by atoms with Crippen molar-refractivity contribution in [3.8, 4) is 5.75 Å². The molecule has 2 aromatic carbocycles. The molecule has 0 unspecified atom stereocenters. The van der Waals surface area contributed by atoms with Crippen molar-refractivity contribution in [1.82, 2.24) is 0 Å². The van der Waals surface area contributed by atoms with Gasteiger partial charge in [-0.05, 0) is 77.0 Å². The molecule has 1 saturated carbocycles. The van der Waals surface area contributed by atoms with Crippen LogP contribution in [0, 0.1) is 10.8 Å². The third kappa shape index (κ3) is 5.66. The zero-order valence-corrected chi connectivity index (χ0v) is 19.3. The smallest absolute Gasteiger partial charge is 0.331 e. The molecule has 3 nitrogen and oxygen atoms in total. The lowest BCUT2D eigenvalue weighted by Gasteiger charge is -2.43. The van der Waals surface area contributed by atoms with Crippen LogP contribution in [-0.2, 0) is 4.79 Å². The predicted octanol–water partition coefficient (Wildman–Crippen LogP) is 7.31. The molecule has 3 rings (SSSR count). The zero-order chi connectivity index (χ0) is 22.8. The summed E-state index contributed by atoms with van der Waals surface area (Å²) in [6.45, 7) is 11.2. The lowest BCUT2D eigenvalue weighted by Crippen LogP contribution is -2.30. The molecule has 1 fully saturated rings. The van der Waals surface area contributed by atoms with Gasteiger partial charge in [0.05, 0.1) is 0 Å². The molecule has 0 radical (unpaired) electrons. The molecule has 0 spiro atoms. The van der Waals surface area contributed by atoms with Crippen molar-refractivity contribution >= 4 is 17.6 Å². The maximum absolute atomic E-state index is 11.4. The Morgan fingerprint density at radius 2 is 1.39 bits per heavy atom. The van der Waals surface area contributed by atoms with E-state index in [9.17, 15) is 15.0 Å². The molecule has 2 aromatic rings. The topological polar surface area (TPSA) is 57.5 Å². The van der Waals surface area contributed by atoms with Gasteiger partial charge in [-0.15, -0.1) is 0 Å². The van der Waals surface area contributed by atoms with E-state index in [4.69, 9.17) is 0 Å². The molecule has 1 aliphatic carbocycles. The molecule has 2 N–H and O–H groups in total. The van der Waals surface area contributed by atoms with E-state index in [1.807, 2.05) is 31.2 Å². The minimum Gasteiger partial charge on any atom is -0.508 e. The average molecular weight is 419 g/mol. The highest BCUT2D eigenvalue weighted by Gasteiger charge is 2.37. The number of carbonyl (C=O) groups is 1. The monoisotopic (exact) mass is 418 g/mol. The van der Waals surface area contributed by atoms with Crippen LogP contribution in [0.5, 0.6) is 5.75 Å². The van der Waals surface area contributed by atoms with E-state index < -0.39 is 5.97 Å². The number of carboxylic acid groups (broad SMARTS) is 1. The number of allylic oxidation sites excluding steroid dienone is 1. The predicted molar refractivity (Wildman–Crippen MR) is 128 cm³/mol. The van der Waals surface area contributed by atoms with Gasteiger partial charge in [0.2, 0.25) is 0 Å². The molecule has 0 saturated heterocycles. The van der Waals surface area contributed by atoms with Crippen LogP contribution in [0.25, 0.3) is 11.6 Å². The number of hydrogen-bond acceptors (Lipinski definition) is 2. The van der Waals surface area contributed by atoms with Gasteiger partial charge in [0.25, 0.3) is 0 Å². The fourth-order valence-corrected chi connectivity index (χ4v) is 5.28. The normalized spacial score (nSPS) is 18.0. The molecule has 3 heteroatoms. The van der Waals surface area contributed by atoms with E-state index in [1.165, 1.54) is 17.6 Å². The minimum atomic E-state index is -0.870. The quantitative estimate of drug-likeness (QED) is 0.501. The maximum Gasteiger partial charge on any atom is 0.331 e. The summed E-state index contributed by atoms with van der Waals surface area (Å²) in [5.41, 5.74) is 6.63. The molecular weight excluding hydrogens is 384 g/mol. The van der Waals surface area contributed by atoms with Crippen molar-refractivity contribution in [2.75, 3.05) is 0 Å². The summed E-state index contributed by atoms with van der Waals surface area (Å²) in [6, 6.07) is 15.6. The first-order chi connectivity index (χ1) is 14.5. The number of phenolic OH excluding ortho intramolecular Hbond substituents is 1. The molecule has 1 aliphatic rings. The number of carboxylic acids is 1. The van der Waals surface area contributed by atoms with Crippen LogP contribution in [0.3, 0.4) is 0 Å². The Labute approximate surface area is 186 Å². The molecule has 0 amide bonds. The van der Waals surface area contributed by atoms with Crippen LogP contribution in [0.2, 0.25) is 0 Å². The first-order valence-corrected chi connectivity index (χ1v) is 11.1. The van der Waals surface area contributed by atoms with Crippen LogP contribution in [-0.4, -0.2) is 16.2 Å². The van der Waals surface area contributed by atoms with E-state index >= 15 is 0 Å². The number of phenols is 1. The molecule has 0 heterocycles. The maximum atomic E-state index is 11.4. The Bertz CT molecular complexity index is 985. The number of aliphatic carboxylic acids is 1. The number of benzene rings is 2. The van der Waals surface area contributed by atoms with Gasteiger partial charge in [0.1, 0.15) is 5.75 Å². The molecular formula is C28H34O3. The minimum absolute atomic E-state index is 0.222. The van der Waals surface area contributed by atoms with Gasteiger partial charge < -0.3 is 10.2 Å². The molecule has 0 bridgehead atoms. The molecule has 0 aliphatic heterocycles. The lowest BCUT2D eigenvalue weighted by atomic mass is 9.62. The van der Waals surface area contributed by atoms with E-state index in [1.54, 1.807) is 18.2 Å². The fraction of sp³-hybridized carbons (Fsp3) is 0.393. The Morgan fingerprint density at radius 3 is 1.84 bits per heavy atom. The Kier molecular flexibility index (Phi) is 6.45. The van der Waals surface area contributed by atoms with Gasteiger partial charge in [-0.25, -0.2) is 4.79 Å². The number of aromatic hydroxyl groups is 1. The summed E-state index contributed by atoms with van der Waals surface area (Å²) in [7, 11) is 0. The second-order valence-electron chi connectivity index (χ2n) is 10.3. The van der Waals surface area contributed by atoms with Crippen molar-refractivity contribution in [3.63, 3.8) is 0 Å². The van der Waals surface area contributed by atoms with Gasteiger partial charge in [-0.2, -0.15) is 0 Å². The summed E-state index contributed by atoms with van der Waals surface area (Å²) < 4.78 is 0. The molecule has 0 aromatic heterocycles. The van der Waals surface area contributed by atoms with Gasteiger partial charge in [0.15, 0.2) is 0 Å². The van der Waals surface area contributed by atoms with Gasteiger partial charge in [-0.1, -0.05) is 76.6 Å². The third-order valence-electron chi connectivity index (χ3n) is 6.05. The standard InChI is InChI=1S/C28H34O3/c1-6-20(26(30)31)15-19-7-9-21(10-8-19)25(22-11-13-24(29)14-12-22)23-16-27(2,3)18-28(4,5)17-23/h7-15,29H,6,16-18H2,1-5H3,(H,30,31). The van der Waals surface area contributed by atoms with Crippen molar-refractivity contribution in [1.29, 1.82) is 0 Å².